The van der Waals surface area contributed by atoms with Gasteiger partial charge in [-0.2, -0.15) is 0 Å². The normalized spacial score (nSPS) is 21.6. The van der Waals surface area contributed by atoms with Crippen molar-refractivity contribution in [2.75, 3.05) is 26.2 Å². The van der Waals surface area contributed by atoms with Crippen molar-refractivity contribution in [2.45, 2.75) is 148 Å². The summed E-state index contributed by atoms with van der Waals surface area (Å²) in [5, 5.41) is 19.5. The molecular formula is C50H67ClFN9O9S. The number of carbonyl (C=O) groups is 7. The number of nitrogens with zero attached hydrogens (tertiary/aromatic N) is 4. The lowest BCUT2D eigenvalue weighted by molar-refractivity contribution is -0.144. The number of benzene rings is 2. The number of carbonyl (C=O) groups excluding carboxylic acids is 7. The monoisotopic (exact) mass is 1020 g/mol. The molecular weight excluding hydrogens is 957 g/mol. The van der Waals surface area contributed by atoms with Gasteiger partial charge in [-0.1, -0.05) is 56.6 Å². The minimum Gasteiger partial charge on any atom is -0.490 e. The zero-order valence-corrected chi connectivity index (χ0v) is 42.7. The fourth-order valence-corrected chi connectivity index (χ4v) is 10.6. The molecule has 0 saturated carbocycles. The summed E-state index contributed by atoms with van der Waals surface area (Å²) in [5.41, 5.74) is 15.8. The highest BCUT2D eigenvalue weighted by atomic mass is 35.5. The lowest BCUT2D eigenvalue weighted by atomic mass is 9.85. The van der Waals surface area contributed by atoms with Crippen LogP contribution in [-0.2, 0) is 40.0 Å². The first-order valence-corrected chi connectivity index (χ1v) is 25.4. The predicted molar refractivity (Wildman–Crippen MR) is 265 cm³/mol. The Labute approximate surface area is 422 Å². The first-order chi connectivity index (χ1) is 33.5. The van der Waals surface area contributed by atoms with Crippen LogP contribution < -0.4 is 32.2 Å². The summed E-state index contributed by atoms with van der Waals surface area (Å²) in [5.74, 6) is -3.84. The van der Waals surface area contributed by atoms with Crippen LogP contribution in [0.1, 0.15) is 109 Å². The molecule has 6 rings (SSSR count). The number of fused-ring (bicyclic) bond motifs is 1. The van der Waals surface area contributed by atoms with E-state index in [4.69, 9.17) is 27.8 Å². The van der Waals surface area contributed by atoms with E-state index in [1.807, 2.05) is 38.1 Å². The molecule has 0 spiro atoms. The molecule has 3 fully saturated rings. The number of likely N-dealkylation sites (tertiary alicyclic amines) is 1. The van der Waals surface area contributed by atoms with Crippen LogP contribution in [-0.4, -0.2) is 135 Å². The number of halogens is 2. The minimum atomic E-state index is -1.06. The van der Waals surface area contributed by atoms with Gasteiger partial charge in [-0.15, -0.1) is 11.3 Å². The smallest absolute Gasteiger partial charge is 0.246 e. The van der Waals surface area contributed by atoms with Gasteiger partial charge >= 0.3 is 0 Å². The van der Waals surface area contributed by atoms with Crippen LogP contribution in [0, 0.1) is 18.2 Å². The van der Waals surface area contributed by atoms with Crippen molar-refractivity contribution in [1.29, 1.82) is 0 Å². The highest BCUT2D eigenvalue weighted by Crippen LogP contribution is 2.34. The van der Waals surface area contributed by atoms with Gasteiger partial charge in [0.1, 0.15) is 42.3 Å². The summed E-state index contributed by atoms with van der Waals surface area (Å²) in [7, 11) is 0. The van der Waals surface area contributed by atoms with Crippen molar-refractivity contribution >= 4 is 64.3 Å². The Hall–Kier alpha value is -5.70. The van der Waals surface area contributed by atoms with E-state index in [1.54, 1.807) is 37.6 Å². The van der Waals surface area contributed by atoms with E-state index >= 15 is 4.39 Å². The third-order valence-electron chi connectivity index (χ3n) is 13.5. The summed E-state index contributed by atoms with van der Waals surface area (Å²) >= 11 is 8.29. The van der Waals surface area contributed by atoms with Crippen LogP contribution in [0.25, 0.3) is 10.4 Å². The standard InChI is InChI=1S/C50H67ClFN9O9S/c1-27(30-10-12-31(13-11-30)44-28(2)55-26-71-44)56-47(67)39-22-36(63)23-60(39)49(69)45(50(4,5)6)58-42(65)9-7-8-32-20-33(52)21-40(43(32)51)70-25-34(14-17-41(54)64)57-46(66)38-16-15-35-18-19-59(29(3)62)24-37(53)48(68)61(35)38/h10-13,20-21,26-27,34-39,45,63H,7-9,14-19,22-25,53H2,1-6H3,(H2,54,64)(H,56,67)(H,57,66)(H,58,65)/t27-,34-,35+,36+,37-,38-,39-,45+/m0/s1. The number of hydrogen-bond acceptors (Lipinski definition) is 12. The maximum atomic E-state index is 15.1. The number of aromatic nitrogens is 1. The second-order valence-corrected chi connectivity index (χ2v) is 21.2. The molecule has 0 aliphatic carbocycles. The van der Waals surface area contributed by atoms with Crippen molar-refractivity contribution in [3.63, 3.8) is 0 Å². The molecule has 0 radical (unpaired) electrons. The molecule has 8 atom stereocenters. The number of rotatable bonds is 18. The van der Waals surface area contributed by atoms with Crippen LogP contribution in [0.5, 0.6) is 5.75 Å². The Morgan fingerprint density at radius 3 is 2.35 bits per heavy atom. The van der Waals surface area contributed by atoms with Gasteiger partial charge < -0.3 is 52.0 Å². The van der Waals surface area contributed by atoms with Gasteiger partial charge in [0, 0.05) is 57.9 Å². The molecule has 8 N–H and O–H groups in total. The SMILES string of the molecule is CC(=O)N1CC[C@H]2CC[C@@H](C(=O)N[C@@H](CCC(N)=O)COc3cc(F)cc(CCCC(=O)N[C@H](C(=O)N4C[C@H](O)C[C@H]4C(=O)N[C@@H](C)c4ccc(-c5scnc5C)cc4)C(C)(C)C)c3Cl)N2C(=O)[C@@H](N)C1. The molecule has 18 nitrogen and oxygen atoms in total. The van der Waals surface area contributed by atoms with Crippen LogP contribution in [0.3, 0.4) is 0 Å². The third kappa shape index (κ3) is 13.8. The lowest BCUT2D eigenvalue weighted by Crippen LogP contribution is -2.59. The molecule has 386 valence electrons. The second kappa shape index (κ2) is 23.7. The van der Waals surface area contributed by atoms with E-state index in [9.17, 15) is 38.7 Å². The Bertz CT molecular complexity index is 2450. The Morgan fingerprint density at radius 2 is 1.70 bits per heavy atom. The first-order valence-electron chi connectivity index (χ1n) is 24.1. The maximum absolute atomic E-state index is 15.1. The van der Waals surface area contributed by atoms with Gasteiger partial charge in [0.2, 0.25) is 41.4 Å². The summed E-state index contributed by atoms with van der Waals surface area (Å²) in [6.07, 6.45) is 0.676. The highest BCUT2D eigenvalue weighted by Gasteiger charge is 2.46. The van der Waals surface area contributed by atoms with Gasteiger partial charge in [-0.25, -0.2) is 9.37 Å². The fraction of sp³-hybridized carbons (Fsp3) is 0.560. The molecule has 3 aliphatic heterocycles. The van der Waals surface area contributed by atoms with Crippen LogP contribution in [0.15, 0.2) is 41.9 Å². The summed E-state index contributed by atoms with van der Waals surface area (Å²) in [6, 6.07) is 4.72. The number of thiazole rings is 1. The maximum Gasteiger partial charge on any atom is 0.246 e. The molecule has 3 saturated heterocycles. The summed E-state index contributed by atoms with van der Waals surface area (Å²) in [6.45, 7) is 10.7. The van der Waals surface area contributed by atoms with Crippen molar-refractivity contribution in [3.05, 3.63) is 69.6 Å². The molecule has 2 aromatic carbocycles. The number of β-amino-alcohol motifs (C(OH)–C–C–N with tert-alkyl or cyclic N) is 1. The third-order valence-corrected chi connectivity index (χ3v) is 14.9. The van der Waals surface area contributed by atoms with E-state index in [2.05, 4.69) is 20.9 Å². The number of amides is 7. The van der Waals surface area contributed by atoms with Crippen molar-refractivity contribution in [3.8, 4) is 16.2 Å². The molecule has 3 aliphatic rings. The van der Waals surface area contributed by atoms with Crippen molar-refractivity contribution < 1.29 is 47.8 Å². The number of ether oxygens (including phenoxy) is 1. The number of hydrogen-bond donors (Lipinski definition) is 6. The van der Waals surface area contributed by atoms with Crippen LogP contribution in [0.2, 0.25) is 5.02 Å². The number of nitrogens with two attached hydrogens (primary N) is 2. The number of aliphatic hydroxyl groups excluding tert-OH is 1. The van der Waals surface area contributed by atoms with Crippen LogP contribution >= 0.6 is 22.9 Å². The van der Waals surface area contributed by atoms with Gasteiger partial charge in [-0.05, 0) is 80.5 Å². The average Bonchev–Trinajstić information content (AvgIpc) is 4.05. The molecule has 0 bridgehead atoms. The molecule has 71 heavy (non-hydrogen) atoms. The number of aryl methyl sites for hydroxylation is 2. The van der Waals surface area contributed by atoms with Crippen molar-refractivity contribution in [1.82, 2.24) is 35.6 Å². The van der Waals surface area contributed by atoms with E-state index in [-0.39, 0.29) is 80.9 Å². The Kier molecular flexibility index (Phi) is 18.2. The quantitative estimate of drug-likeness (QED) is 0.107. The minimum absolute atomic E-state index is 0.0305. The molecule has 3 aromatic rings. The lowest BCUT2D eigenvalue weighted by Gasteiger charge is -2.37. The zero-order chi connectivity index (χ0) is 51.9. The fourth-order valence-electron chi connectivity index (χ4n) is 9.54. The van der Waals surface area contributed by atoms with Gasteiger partial charge in [0.15, 0.2) is 0 Å². The average molecular weight is 1020 g/mol. The largest absolute Gasteiger partial charge is 0.490 e. The van der Waals surface area contributed by atoms with Crippen LogP contribution in [0.4, 0.5) is 4.39 Å². The van der Waals surface area contributed by atoms with E-state index < -0.39 is 89.0 Å². The van der Waals surface area contributed by atoms with Gasteiger partial charge in [0.05, 0.1) is 39.3 Å². The zero-order valence-electron chi connectivity index (χ0n) is 41.2. The molecule has 21 heteroatoms. The molecule has 4 heterocycles. The van der Waals surface area contributed by atoms with E-state index in [0.29, 0.717) is 31.4 Å². The Morgan fingerprint density at radius 1 is 1.00 bits per heavy atom. The number of aliphatic hydroxyl groups is 1. The highest BCUT2D eigenvalue weighted by molar-refractivity contribution is 7.13. The van der Waals surface area contributed by atoms with E-state index in [0.717, 1.165) is 27.8 Å². The van der Waals surface area contributed by atoms with E-state index in [1.165, 1.54) is 27.7 Å². The summed E-state index contributed by atoms with van der Waals surface area (Å²) < 4.78 is 21.1. The van der Waals surface area contributed by atoms with Gasteiger partial charge in [-0.3, -0.25) is 33.6 Å². The first kappa shape index (κ1) is 54.6. The number of primary amides is 1. The van der Waals surface area contributed by atoms with Gasteiger partial charge in [0.25, 0.3) is 0 Å². The predicted octanol–water partition coefficient (Wildman–Crippen LogP) is 3.67. The topological polar surface area (TPSA) is 260 Å². The number of nitrogens with one attached hydrogen (secondary N) is 3. The molecule has 1 aromatic heterocycles. The van der Waals surface area contributed by atoms with Crippen molar-refractivity contribution in [2.24, 2.45) is 16.9 Å². The molecule has 7 amide bonds. The Balaban J connectivity index is 1.04. The second-order valence-electron chi connectivity index (χ2n) is 20.0. The summed E-state index contributed by atoms with van der Waals surface area (Å²) in [4.78, 5) is 102. The molecule has 0 unspecified atom stereocenters.